The number of hydrogen-bond acceptors (Lipinski definition) is 3. The minimum absolute atomic E-state index is 0.0135. The molecule has 18 heavy (non-hydrogen) atoms. The Labute approximate surface area is 106 Å². The van der Waals surface area contributed by atoms with E-state index in [0.29, 0.717) is 5.82 Å². The molecule has 3 rings (SSSR count). The van der Waals surface area contributed by atoms with Gasteiger partial charge < -0.3 is 4.74 Å². The van der Waals surface area contributed by atoms with Gasteiger partial charge in [-0.15, -0.1) is 0 Å². The van der Waals surface area contributed by atoms with E-state index in [0.717, 1.165) is 36.9 Å². The van der Waals surface area contributed by atoms with Crippen molar-refractivity contribution < 1.29 is 9.53 Å². The number of fused-ring (bicyclic) bond motifs is 1. The van der Waals surface area contributed by atoms with Crippen LogP contribution in [0.5, 0.6) is 0 Å². The van der Waals surface area contributed by atoms with Crippen LogP contribution >= 0.6 is 0 Å². The number of benzene rings is 1. The van der Waals surface area contributed by atoms with Crippen molar-refractivity contribution in [2.75, 3.05) is 6.61 Å². The molecule has 0 radical (unpaired) electrons. The zero-order valence-electron chi connectivity index (χ0n) is 10.4. The van der Waals surface area contributed by atoms with E-state index in [1.54, 1.807) is 6.92 Å². The summed E-state index contributed by atoms with van der Waals surface area (Å²) in [6.45, 7) is 2.31. The van der Waals surface area contributed by atoms with Crippen molar-refractivity contribution in [3.05, 3.63) is 30.1 Å². The average molecular weight is 244 g/mol. The van der Waals surface area contributed by atoms with Gasteiger partial charge in [-0.1, -0.05) is 12.1 Å². The Morgan fingerprint density at radius 1 is 1.39 bits per heavy atom. The number of carbonyl (C=O) groups is 1. The smallest absolute Gasteiger partial charge is 0.195 e. The molecule has 0 bridgehead atoms. The first-order valence-electron chi connectivity index (χ1n) is 6.37. The summed E-state index contributed by atoms with van der Waals surface area (Å²) < 4.78 is 7.75. The molecule has 0 amide bonds. The Kier molecular flexibility index (Phi) is 2.88. The van der Waals surface area contributed by atoms with Crippen LogP contribution in [0, 0.1) is 0 Å². The highest BCUT2D eigenvalue weighted by Gasteiger charge is 2.23. The zero-order chi connectivity index (χ0) is 12.5. The van der Waals surface area contributed by atoms with E-state index < -0.39 is 0 Å². The summed E-state index contributed by atoms with van der Waals surface area (Å²) in [5, 5.41) is 0. The summed E-state index contributed by atoms with van der Waals surface area (Å²) in [5.74, 6) is 0.489. The molecule has 1 fully saturated rings. The van der Waals surface area contributed by atoms with E-state index in [4.69, 9.17) is 4.74 Å². The number of nitrogens with zero attached hydrogens (tertiary/aromatic N) is 2. The molecular weight excluding hydrogens is 228 g/mol. The number of carbonyl (C=O) groups excluding carboxylic acids is 1. The van der Waals surface area contributed by atoms with Crippen LogP contribution in [-0.2, 0) is 4.74 Å². The molecule has 1 atom stereocenters. The molecular formula is C14H16N2O2. The molecule has 0 N–H and O–H groups in total. The third kappa shape index (κ3) is 1.82. The Balaban J connectivity index is 2.17. The monoisotopic (exact) mass is 244 g/mol. The summed E-state index contributed by atoms with van der Waals surface area (Å²) in [7, 11) is 0. The van der Waals surface area contributed by atoms with Gasteiger partial charge in [-0.2, -0.15) is 0 Å². The van der Waals surface area contributed by atoms with E-state index in [1.807, 2.05) is 28.8 Å². The van der Waals surface area contributed by atoms with Crippen LogP contribution in [0.25, 0.3) is 11.0 Å². The van der Waals surface area contributed by atoms with Gasteiger partial charge in [0.25, 0.3) is 0 Å². The number of imidazole rings is 1. The molecule has 2 heterocycles. The maximum absolute atomic E-state index is 11.7. The van der Waals surface area contributed by atoms with Gasteiger partial charge in [-0.3, -0.25) is 9.36 Å². The van der Waals surface area contributed by atoms with Crippen molar-refractivity contribution in [1.82, 2.24) is 9.55 Å². The number of aromatic nitrogens is 2. The third-order valence-corrected chi connectivity index (χ3v) is 3.35. The van der Waals surface area contributed by atoms with Crippen LogP contribution in [0.2, 0.25) is 0 Å². The number of hydrogen-bond donors (Lipinski definition) is 0. The second kappa shape index (κ2) is 4.53. The van der Waals surface area contributed by atoms with Gasteiger partial charge in [0.1, 0.15) is 6.23 Å². The summed E-state index contributed by atoms with van der Waals surface area (Å²) in [4.78, 5) is 16.2. The Morgan fingerprint density at radius 2 is 2.22 bits per heavy atom. The molecule has 0 spiro atoms. The first-order valence-corrected chi connectivity index (χ1v) is 6.37. The fourth-order valence-electron chi connectivity index (χ4n) is 2.51. The van der Waals surface area contributed by atoms with Gasteiger partial charge in [0.05, 0.1) is 11.0 Å². The highest BCUT2D eigenvalue weighted by molar-refractivity contribution is 5.94. The second-order valence-electron chi connectivity index (χ2n) is 4.67. The Morgan fingerprint density at radius 3 is 2.94 bits per heavy atom. The fraction of sp³-hybridized carbons (Fsp3) is 0.429. The predicted octanol–water partition coefficient (Wildman–Crippen LogP) is 2.94. The minimum atomic E-state index is -0.0509. The Bertz CT molecular complexity index is 582. The third-order valence-electron chi connectivity index (χ3n) is 3.35. The summed E-state index contributed by atoms with van der Waals surface area (Å²) in [5.41, 5.74) is 1.84. The highest BCUT2D eigenvalue weighted by atomic mass is 16.5. The Hall–Kier alpha value is -1.68. The molecule has 1 aliphatic heterocycles. The molecule has 2 aromatic rings. The van der Waals surface area contributed by atoms with Crippen LogP contribution in [0.3, 0.4) is 0 Å². The lowest BCUT2D eigenvalue weighted by molar-refractivity contribution is -0.0305. The van der Waals surface area contributed by atoms with E-state index in [2.05, 4.69) is 4.98 Å². The lowest BCUT2D eigenvalue weighted by Crippen LogP contribution is -2.21. The normalized spacial score (nSPS) is 20.2. The first kappa shape index (κ1) is 11.4. The molecule has 1 unspecified atom stereocenters. The van der Waals surface area contributed by atoms with Crippen molar-refractivity contribution >= 4 is 16.8 Å². The molecule has 94 valence electrons. The molecule has 1 aliphatic rings. The van der Waals surface area contributed by atoms with Gasteiger partial charge in [-0.05, 0) is 31.4 Å². The number of ether oxygens (including phenoxy) is 1. The predicted molar refractivity (Wildman–Crippen MR) is 68.6 cm³/mol. The highest BCUT2D eigenvalue weighted by Crippen LogP contribution is 2.28. The van der Waals surface area contributed by atoms with Gasteiger partial charge in [0.2, 0.25) is 0 Å². The van der Waals surface area contributed by atoms with Crippen LogP contribution in [0.1, 0.15) is 43.0 Å². The number of rotatable bonds is 2. The number of Topliss-reactive ketones (excluding diaryl/α,β-unsaturated/α-hetero) is 1. The second-order valence-corrected chi connectivity index (χ2v) is 4.67. The fourth-order valence-corrected chi connectivity index (χ4v) is 2.51. The molecule has 1 aromatic heterocycles. The van der Waals surface area contributed by atoms with Crippen molar-refractivity contribution in [2.45, 2.75) is 32.4 Å². The lowest BCUT2D eigenvalue weighted by atomic mass is 10.2. The summed E-state index contributed by atoms with van der Waals surface area (Å²) in [6.07, 6.45) is 3.12. The van der Waals surface area contributed by atoms with Gasteiger partial charge in [-0.25, -0.2) is 4.98 Å². The van der Waals surface area contributed by atoms with Crippen molar-refractivity contribution in [3.63, 3.8) is 0 Å². The van der Waals surface area contributed by atoms with Crippen molar-refractivity contribution in [1.29, 1.82) is 0 Å². The van der Waals surface area contributed by atoms with Crippen LogP contribution < -0.4 is 0 Å². The minimum Gasteiger partial charge on any atom is -0.358 e. The van der Waals surface area contributed by atoms with E-state index in [-0.39, 0.29) is 12.0 Å². The maximum Gasteiger partial charge on any atom is 0.195 e. The van der Waals surface area contributed by atoms with Crippen LogP contribution in [0.15, 0.2) is 24.3 Å². The van der Waals surface area contributed by atoms with E-state index in [9.17, 15) is 4.79 Å². The molecule has 1 saturated heterocycles. The average Bonchev–Trinajstić information content (AvgIpc) is 2.79. The number of para-hydroxylation sites is 2. The molecule has 1 aromatic carbocycles. The lowest BCUT2D eigenvalue weighted by Gasteiger charge is -2.25. The van der Waals surface area contributed by atoms with Gasteiger partial charge in [0.15, 0.2) is 11.6 Å². The van der Waals surface area contributed by atoms with Gasteiger partial charge >= 0.3 is 0 Å². The quantitative estimate of drug-likeness (QED) is 0.763. The molecule has 4 heteroatoms. The van der Waals surface area contributed by atoms with Gasteiger partial charge in [0, 0.05) is 13.5 Å². The summed E-state index contributed by atoms with van der Waals surface area (Å²) in [6, 6.07) is 7.83. The summed E-state index contributed by atoms with van der Waals surface area (Å²) >= 11 is 0. The molecule has 4 nitrogen and oxygen atoms in total. The van der Waals surface area contributed by atoms with Crippen molar-refractivity contribution in [3.8, 4) is 0 Å². The maximum atomic E-state index is 11.7. The topological polar surface area (TPSA) is 44.1 Å². The van der Waals surface area contributed by atoms with E-state index in [1.165, 1.54) is 0 Å². The first-order chi connectivity index (χ1) is 8.77. The molecule has 0 aliphatic carbocycles. The largest absolute Gasteiger partial charge is 0.358 e. The van der Waals surface area contributed by atoms with Crippen LogP contribution in [-0.4, -0.2) is 21.9 Å². The zero-order valence-corrected chi connectivity index (χ0v) is 10.4. The van der Waals surface area contributed by atoms with Crippen molar-refractivity contribution in [2.24, 2.45) is 0 Å². The standard InChI is InChI=1S/C14H16N2O2/c1-10(17)14-15-11-6-2-3-7-12(11)16(14)13-8-4-5-9-18-13/h2-3,6-7,13H,4-5,8-9H2,1H3. The number of ketones is 1. The molecule has 0 saturated carbocycles. The van der Waals surface area contributed by atoms with Crippen LogP contribution in [0.4, 0.5) is 0 Å². The van der Waals surface area contributed by atoms with E-state index >= 15 is 0 Å². The SMILES string of the molecule is CC(=O)c1nc2ccccc2n1C1CCCCO1.